The summed E-state index contributed by atoms with van der Waals surface area (Å²) in [5.74, 6) is -0.606. The SMILES string of the molecule is Cc1cc(NC=C2C(=O)Nc3cc(F)ccc32)ccc1NCCCN1CCOCC1. The zero-order valence-electron chi connectivity index (χ0n) is 17.1. The maximum Gasteiger partial charge on any atom is 0.257 e. The molecule has 2 aromatic carbocycles. The highest BCUT2D eigenvalue weighted by Gasteiger charge is 2.24. The van der Waals surface area contributed by atoms with Crippen LogP contribution in [-0.2, 0) is 9.53 Å². The lowest BCUT2D eigenvalue weighted by Crippen LogP contribution is -2.37. The molecule has 0 radical (unpaired) electrons. The molecule has 2 heterocycles. The molecule has 3 N–H and O–H groups in total. The van der Waals surface area contributed by atoms with Gasteiger partial charge < -0.3 is 20.7 Å². The van der Waals surface area contributed by atoms with Crippen LogP contribution in [0.25, 0.3) is 5.57 Å². The molecule has 4 rings (SSSR count). The molecule has 1 saturated heterocycles. The number of carbonyl (C=O) groups excluding carboxylic acids is 1. The average Bonchev–Trinajstić information content (AvgIpc) is 3.05. The van der Waals surface area contributed by atoms with Crippen LogP contribution in [0.1, 0.15) is 17.5 Å². The van der Waals surface area contributed by atoms with E-state index in [-0.39, 0.29) is 11.7 Å². The number of fused-ring (bicyclic) bond motifs is 1. The molecule has 0 unspecified atom stereocenters. The summed E-state index contributed by atoms with van der Waals surface area (Å²) in [6.07, 6.45) is 2.75. The van der Waals surface area contributed by atoms with E-state index < -0.39 is 0 Å². The lowest BCUT2D eigenvalue weighted by molar-refractivity contribution is -0.110. The number of halogens is 1. The normalized spacial score (nSPS) is 17.7. The third kappa shape index (κ3) is 4.80. The Morgan fingerprint density at radius 3 is 2.83 bits per heavy atom. The average molecular weight is 410 g/mol. The van der Waals surface area contributed by atoms with Crippen molar-refractivity contribution in [1.82, 2.24) is 4.90 Å². The molecule has 6 nitrogen and oxygen atoms in total. The minimum Gasteiger partial charge on any atom is -0.385 e. The number of ether oxygens (including phenoxy) is 1. The number of hydrogen-bond acceptors (Lipinski definition) is 5. The summed E-state index contributed by atoms with van der Waals surface area (Å²) in [5.41, 5.74) is 4.82. The smallest absolute Gasteiger partial charge is 0.257 e. The standard InChI is InChI=1S/C23H27FN4O2/c1-16-13-18(4-6-21(16)25-7-2-8-28-9-11-30-12-10-28)26-15-20-19-5-3-17(24)14-22(19)27-23(20)29/h3-6,13-15,25-26H,2,7-12H2,1H3,(H,27,29). The van der Waals surface area contributed by atoms with Crippen LogP contribution < -0.4 is 16.0 Å². The number of nitrogens with one attached hydrogen (secondary N) is 3. The second-order valence-corrected chi connectivity index (χ2v) is 7.61. The van der Waals surface area contributed by atoms with Crippen LogP contribution in [0, 0.1) is 12.7 Å². The molecule has 158 valence electrons. The van der Waals surface area contributed by atoms with Crippen molar-refractivity contribution in [2.45, 2.75) is 13.3 Å². The van der Waals surface area contributed by atoms with Crippen molar-refractivity contribution in [3.63, 3.8) is 0 Å². The van der Waals surface area contributed by atoms with Gasteiger partial charge in [0.15, 0.2) is 0 Å². The Morgan fingerprint density at radius 2 is 2.03 bits per heavy atom. The van der Waals surface area contributed by atoms with Gasteiger partial charge in [0, 0.05) is 42.8 Å². The lowest BCUT2D eigenvalue weighted by atomic mass is 10.1. The fourth-order valence-corrected chi connectivity index (χ4v) is 3.77. The minimum atomic E-state index is -0.369. The Bertz CT molecular complexity index is 954. The van der Waals surface area contributed by atoms with Crippen molar-refractivity contribution >= 4 is 28.5 Å². The van der Waals surface area contributed by atoms with Gasteiger partial charge in [-0.25, -0.2) is 4.39 Å². The molecular weight excluding hydrogens is 383 g/mol. The number of rotatable bonds is 7. The number of anilines is 3. The molecule has 0 bridgehead atoms. The summed E-state index contributed by atoms with van der Waals surface area (Å²) in [5, 5.41) is 9.38. The van der Waals surface area contributed by atoms with Crippen LogP contribution in [0.3, 0.4) is 0 Å². The first kappa shape index (κ1) is 20.4. The van der Waals surface area contributed by atoms with Crippen LogP contribution >= 0.6 is 0 Å². The fraction of sp³-hybridized carbons (Fsp3) is 0.348. The quantitative estimate of drug-likeness (QED) is 0.480. The van der Waals surface area contributed by atoms with Gasteiger partial charge in [-0.05, 0) is 61.9 Å². The topological polar surface area (TPSA) is 65.6 Å². The predicted octanol–water partition coefficient (Wildman–Crippen LogP) is 3.67. The molecule has 2 aromatic rings. The largest absolute Gasteiger partial charge is 0.385 e. The van der Waals surface area contributed by atoms with E-state index in [0.717, 1.165) is 62.8 Å². The number of hydrogen-bond donors (Lipinski definition) is 3. The molecule has 2 aliphatic rings. The van der Waals surface area contributed by atoms with E-state index in [1.807, 2.05) is 18.2 Å². The van der Waals surface area contributed by atoms with E-state index in [1.165, 1.54) is 12.1 Å². The van der Waals surface area contributed by atoms with E-state index in [4.69, 9.17) is 4.74 Å². The molecule has 0 aromatic heterocycles. The maximum absolute atomic E-state index is 13.4. The molecule has 1 fully saturated rings. The number of morpholine rings is 1. The maximum atomic E-state index is 13.4. The van der Waals surface area contributed by atoms with E-state index >= 15 is 0 Å². The third-order valence-corrected chi connectivity index (χ3v) is 5.44. The molecule has 1 amide bonds. The zero-order chi connectivity index (χ0) is 20.9. The van der Waals surface area contributed by atoms with Crippen LogP contribution in [0.15, 0.2) is 42.6 Å². The van der Waals surface area contributed by atoms with E-state index in [0.29, 0.717) is 16.8 Å². The minimum absolute atomic E-state index is 0.238. The van der Waals surface area contributed by atoms with E-state index in [9.17, 15) is 9.18 Å². The predicted molar refractivity (Wildman–Crippen MR) is 118 cm³/mol. The summed E-state index contributed by atoms with van der Waals surface area (Å²) in [7, 11) is 0. The summed E-state index contributed by atoms with van der Waals surface area (Å²) < 4.78 is 18.7. The van der Waals surface area contributed by atoms with Crippen molar-refractivity contribution in [1.29, 1.82) is 0 Å². The summed E-state index contributed by atoms with van der Waals surface area (Å²) in [6.45, 7) is 7.77. The molecule has 0 saturated carbocycles. The van der Waals surface area contributed by atoms with Gasteiger partial charge in [-0.1, -0.05) is 0 Å². The van der Waals surface area contributed by atoms with Gasteiger partial charge in [-0.2, -0.15) is 0 Å². The summed E-state index contributed by atoms with van der Waals surface area (Å²) in [4.78, 5) is 14.6. The Morgan fingerprint density at radius 1 is 1.20 bits per heavy atom. The summed E-state index contributed by atoms with van der Waals surface area (Å²) in [6, 6.07) is 10.4. The van der Waals surface area contributed by atoms with Gasteiger partial charge in [-0.15, -0.1) is 0 Å². The second-order valence-electron chi connectivity index (χ2n) is 7.61. The second kappa shape index (κ2) is 9.28. The molecule has 30 heavy (non-hydrogen) atoms. The number of benzene rings is 2. The molecule has 7 heteroatoms. The monoisotopic (exact) mass is 410 g/mol. The van der Waals surface area contributed by atoms with E-state index in [2.05, 4.69) is 27.8 Å². The first-order valence-corrected chi connectivity index (χ1v) is 10.3. The van der Waals surface area contributed by atoms with Crippen molar-refractivity contribution in [2.24, 2.45) is 0 Å². The highest BCUT2D eigenvalue weighted by Crippen LogP contribution is 2.32. The van der Waals surface area contributed by atoms with Gasteiger partial charge in [0.2, 0.25) is 0 Å². The van der Waals surface area contributed by atoms with Crippen LogP contribution in [-0.4, -0.2) is 50.2 Å². The highest BCUT2D eigenvalue weighted by atomic mass is 19.1. The fourth-order valence-electron chi connectivity index (χ4n) is 3.77. The van der Waals surface area contributed by atoms with E-state index in [1.54, 1.807) is 12.3 Å². The van der Waals surface area contributed by atoms with Crippen LogP contribution in [0.4, 0.5) is 21.5 Å². The van der Waals surface area contributed by atoms with Crippen molar-refractivity contribution in [2.75, 3.05) is 55.3 Å². The molecule has 0 atom stereocenters. The number of nitrogens with zero attached hydrogens (tertiary/aromatic N) is 1. The summed E-state index contributed by atoms with van der Waals surface area (Å²) >= 11 is 0. The molecular formula is C23H27FN4O2. The van der Waals surface area contributed by atoms with Gasteiger partial charge in [0.05, 0.1) is 24.5 Å². The number of carbonyl (C=O) groups is 1. The van der Waals surface area contributed by atoms with Gasteiger partial charge in [0.1, 0.15) is 5.82 Å². The van der Waals surface area contributed by atoms with Crippen molar-refractivity contribution in [3.05, 3.63) is 59.5 Å². The van der Waals surface area contributed by atoms with Gasteiger partial charge in [0.25, 0.3) is 5.91 Å². The van der Waals surface area contributed by atoms with Gasteiger partial charge >= 0.3 is 0 Å². The number of amides is 1. The third-order valence-electron chi connectivity index (χ3n) is 5.44. The Labute approximate surface area is 176 Å². The first-order valence-electron chi connectivity index (χ1n) is 10.3. The Kier molecular flexibility index (Phi) is 6.30. The van der Waals surface area contributed by atoms with Crippen molar-refractivity contribution in [3.8, 4) is 0 Å². The molecule has 0 aliphatic carbocycles. The molecule has 2 aliphatic heterocycles. The van der Waals surface area contributed by atoms with Crippen LogP contribution in [0.2, 0.25) is 0 Å². The Hall–Kier alpha value is -2.90. The zero-order valence-corrected chi connectivity index (χ0v) is 17.1. The Balaban J connectivity index is 1.32. The van der Waals surface area contributed by atoms with Gasteiger partial charge in [-0.3, -0.25) is 9.69 Å². The van der Waals surface area contributed by atoms with Crippen molar-refractivity contribution < 1.29 is 13.9 Å². The number of aryl methyl sites for hydroxylation is 1. The van der Waals surface area contributed by atoms with Crippen LogP contribution in [0.5, 0.6) is 0 Å². The first-order chi connectivity index (χ1) is 14.6. The lowest BCUT2D eigenvalue weighted by Gasteiger charge is -2.26. The highest BCUT2D eigenvalue weighted by molar-refractivity contribution is 6.31. The molecule has 0 spiro atoms.